The molecular formula is C22H26F3N7O. The molecule has 11 heteroatoms. The first-order chi connectivity index (χ1) is 15.9. The highest BCUT2D eigenvalue weighted by atomic mass is 19.4. The van der Waals surface area contributed by atoms with Crippen molar-refractivity contribution in [3.63, 3.8) is 0 Å². The van der Waals surface area contributed by atoms with Crippen molar-refractivity contribution in [1.29, 1.82) is 0 Å². The van der Waals surface area contributed by atoms with Crippen LogP contribution in [-0.4, -0.2) is 56.5 Å². The number of halogens is 3. The normalized spacial score (nSPS) is 22.7. The standard InChI is InChI=1S/C22H26F3N7O/c1-14-26-9-7-18(27-14)31-12-15-5-6-16(13-31)19(15)28-21-29-20-17(4-2-10-32(20)30-21)33-11-3-8-22(23,24)25/h2,4,7,9-10,15-16,19H,3,5-6,8,11-13H2,1H3,(H,28,30)/t15-,16+,19?. The molecule has 3 atom stereocenters. The van der Waals surface area contributed by atoms with Crippen LogP contribution in [0.15, 0.2) is 30.6 Å². The fourth-order valence-electron chi connectivity index (χ4n) is 4.92. The molecule has 33 heavy (non-hydrogen) atoms. The zero-order valence-corrected chi connectivity index (χ0v) is 18.3. The molecule has 1 N–H and O–H groups in total. The predicted molar refractivity (Wildman–Crippen MR) is 116 cm³/mol. The molecule has 2 bridgehead atoms. The van der Waals surface area contributed by atoms with Crippen molar-refractivity contribution in [2.75, 3.05) is 29.9 Å². The van der Waals surface area contributed by atoms with E-state index in [9.17, 15) is 13.2 Å². The molecule has 1 aliphatic heterocycles. The first-order valence-corrected chi connectivity index (χ1v) is 11.2. The van der Waals surface area contributed by atoms with Crippen LogP contribution < -0.4 is 15.0 Å². The molecule has 1 aliphatic carbocycles. The lowest BCUT2D eigenvalue weighted by Gasteiger charge is -2.38. The molecule has 1 saturated carbocycles. The number of nitrogens with one attached hydrogen (secondary N) is 1. The van der Waals surface area contributed by atoms with Gasteiger partial charge >= 0.3 is 6.18 Å². The van der Waals surface area contributed by atoms with Crippen LogP contribution in [0.1, 0.15) is 31.5 Å². The summed E-state index contributed by atoms with van der Waals surface area (Å²) in [7, 11) is 0. The number of fused-ring (bicyclic) bond motifs is 3. The molecule has 8 nitrogen and oxygen atoms in total. The molecule has 0 spiro atoms. The van der Waals surface area contributed by atoms with Crippen LogP contribution in [0.4, 0.5) is 24.9 Å². The van der Waals surface area contributed by atoms with Crippen LogP contribution in [0, 0.1) is 18.8 Å². The van der Waals surface area contributed by atoms with Gasteiger partial charge < -0.3 is 15.0 Å². The number of rotatable bonds is 7. The van der Waals surface area contributed by atoms with E-state index in [0.717, 1.165) is 37.6 Å². The number of hydrogen-bond acceptors (Lipinski definition) is 7. The van der Waals surface area contributed by atoms with Gasteiger partial charge in [0.15, 0.2) is 11.4 Å². The number of alkyl halides is 3. The maximum Gasteiger partial charge on any atom is 0.389 e. The van der Waals surface area contributed by atoms with Crippen molar-refractivity contribution in [2.24, 2.45) is 11.8 Å². The monoisotopic (exact) mass is 461 g/mol. The van der Waals surface area contributed by atoms with E-state index in [1.54, 1.807) is 29.0 Å². The number of piperidine rings is 1. The molecule has 1 unspecified atom stereocenters. The van der Waals surface area contributed by atoms with Crippen LogP contribution in [-0.2, 0) is 0 Å². The zero-order chi connectivity index (χ0) is 23.0. The molecule has 176 valence electrons. The SMILES string of the molecule is Cc1nccc(N2C[C@H]3CC[C@@H](C2)C3Nc2nc3c(OCCCC(F)(F)F)cccn3n2)n1. The van der Waals surface area contributed by atoms with E-state index < -0.39 is 12.6 Å². The van der Waals surface area contributed by atoms with Crippen LogP contribution in [0.5, 0.6) is 5.75 Å². The minimum Gasteiger partial charge on any atom is -0.490 e. The highest BCUT2D eigenvalue weighted by molar-refractivity contribution is 5.56. The first-order valence-electron chi connectivity index (χ1n) is 11.2. The van der Waals surface area contributed by atoms with E-state index in [-0.39, 0.29) is 19.1 Å². The zero-order valence-electron chi connectivity index (χ0n) is 18.3. The smallest absolute Gasteiger partial charge is 0.389 e. The Morgan fingerprint density at radius 2 is 1.94 bits per heavy atom. The Kier molecular flexibility index (Phi) is 5.71. The lowest BCUT2D eigenvalue weighted by atomic mass is 9.92. The van der Waals surface area contributed by atoms with E-state index in [4.69, 9.17) is 4.74 Å². The average molecular weight is 461 g/mol. The maximum atomic E-state index is 12.4. The van der Waals surface area contributed by atoms with E-state index in [1.807, 2.05) is 13.0 Å². The number of pyridine rings is 1. The number of ether oxygens (including phenoxy) is 1. The third-order valence-corrected chi connectivity index (χ3v) is 6.40. The second-order valence-corrected chi connectivity index (χ2v) is 8.78. The second-order valence-electron chi connectivity index (χ2n) is 8.78. The summed E-state index contributed by atoms with van der Waals surface area (Å²) in [6, 6.07) is 5.67. The Morgan fingerprint density at radius 3 is 2.67 bits per heavy atom. The Morgan fingerprint density at radius 1 is 1.15 bits per heavy atom. The number of anilines is 2. The minimum absolute atomic E-state index is 0.0278. The number of nitrogens with zero attached hydrogens (tertiary/aromatic N) is 6. The van der Waals surface area contributed by atoms with Crippen LogP contribution in [0.3, 0.4) is 0 Å². The van der Waals surface area contributed by atoms with Gasteiger partial charge in [-0.3, -0.25) is 0 Å². The van der Waals surface area contributed by atoms with Gasteiger partial charge in [0.05, 0.1) is 6.61 Å². The molecule has 2 aliphatic rings. The lowest BCUT2D eigenvalue weighted by Crippen LogP contribution is -2.48. The summed E-state index contributed by atoms with van der Waals surface area (Å²) < 4.78 is 44.3. The summed E-state index contributed by atoms with van der Waals surface area (Å²) in [6.07, 6.45) is 0.664. The van der Waals surface area contributed by atoms with Gasteiger partial charge in [0, 0.05) is 37.9 Å². The summed E-state index contributed by atoms with van der Waals surface area (Å²) in [4.78, 5) is 15.7. The first kappa shape index (κ1) is 21.7. The molecule has 5 rings (SSSR count). The topological polar surface area (TPSA) is 80.5 Å². The minimum atomic E-state index is -4.18. The van der Waals surface area contributed by atoms with Crippen molar-refractivity contribution in [3.8, 4) is 5.75 Å². The van der Waals surface area contributed by atoms with Crippen molar-refractivity contribution in [1.82, 2.24) is 24.6 Å². The number of aryl methyl sites for hydroxylation is 1. The third-order valence-electron chi connectivity index (χ3n) is 6.40. The van der Waals surface area contributed by atoms with Crippen molar-refractivity contribution in [3.05, 3.63) is 36.4 Å². The molecule has 3 aromatic rings. The van der Waals surface area contributed by atoms with Gasteiger partial charge in [-0.05, 0) is 56.2 Å². The molecule has 0 radical (unpaired) electrons. The van der Waals surface area contributed by atoms with Crippen molar-refractivity contribution in [2.45, 2.75) is 44.8 Å². The predicted octanol–water partition coefficient (Wildman–Crippen LogP) is 3.88. The average Bonchev–Trinajstić information content (AvgIpc) is 3.27. The van der Waals surface area contributed by atoms with Crippen LogP contribution in [0.25, 0.3) is 5.65 Å². The maximum absolute atomic E-state index is 12.4. The highest BCUT2D eigenvalue weighted by Gasteiger charge is 2.43. The van der Waals surface area contributed by atoms with E-state index in [1.165, 1.54) is 0 Å². The molecular weight excluding hydrogens is 435 g/mol. The van der Waals surface area contributed by atoms with Gasteiger partial charge in [-0.2, -0.15) is 18.2 Å². The van der Waals surface area contributed by atoms with Crippen molar-refractivity contribution >= 4 is 17.4 Å². The van der Waals surface area contributed by atoms with Gasteiger partial charge in [-0.1, -0.05) is 0 Å². The second kappa shape index (κ2) is 8.68. The van der Waals surface area contributed by atoms with Gasteiger partial charge in [-0.15, -0.1) is 5.10 Å². The van der Waals surface area contributed by atoms with E-state index >= 15 is 0 Å². The Labute approximate surface area is 189 Å². The molecule has 0 amide bonds. The van der Waals surface area contributed by atoms with Gasteiger partial charge in [0.2, 0.25) is 5.95 Å². The summed E-state index contributed by atoms with van der Waals surface area (Å²) in [5.41, 5.74) is 0.494. The Hall–Kier alpha value is -3.11. The number of aromatic nitrogens is 5. The molecule has 0 aromatic carbocycles. The van der Waals surface area contributed by atoms with Gasteiger partial charge in [0.1, 0.15) is 11.6 Å². The Balaban J connectivity index is 1.25. The summed E-state index contributed by atoms with van der Waals surface area (Å²) >= 11 is 0. The van der Waals surface area contributed by atoms with Gasteiger partial charge in [-0.25, -0.2) is 14.5 Å². The molecule has 1 saturated heterocycles. The lowest BCUT2D eigenvalue weighted by molar-refractivity contribution is -0.136. The van der Waals surface area contributed by atoms with E-state index in [0.29, 0.717) is 29.2 Å². The third kappa shape index (κ3) is 4.81. The Bertz CT molecular complexity index is 1100. The van der Waals surface area contributed by atoms with Crippen molar-refractivity contribution < 1.29 is 17.9 Å². The van der Waals surface area contributed by atoms with E-state index in [2.05, 4.69) is 30.3 Å². The van der Waals surface area contributed by atoms with Gasteiger partial charge in [0.25, 0.3) is 0 Å². The quantitative estimate of drug-likeness (QED) is 0.535. The largest absolute Gasteiger partial charge is 0.490 e. The molecule has 4 heterocycles. The van der Waals surface area contributed by atoms with Crippen LogP contribution in [0.2, 0.25) is 0 Å². The molecule has 3 aromatic heterocycles. The van der Waals surface area contributed by atoms with Crippen LogP contribution >= 0.6 is 0 Å². The summed E-state index contributed by atoms with van der Waals surface area (Å²) in [5, 5.41) is 8.04. The fraction of sp³-hybridized carbons (Fsp3) is 0.545. The summed E-state index contributed by atoms with van der Waals surface area (Å²) in [6.45, 7) is 3.69. The fourth-order valence-corrected chi connectivity index (χ4v) is 4.92. The highest BCUT2D eigenvalue weighted by Crippen LogP contribution is 2.39. The molecule has 2 fully saturated rings. The summed E-state index contributed by atoms with van der Waals surface area (Å²) in [5.74, 6) is 3.57. The number of hydrogen-bond donors (Lipinski definition) is 1.